The second-order valence-corrected chi connectivity index (χ2v) is 11.2. The summed E-state index contributed by atoms with van der Waals surface area (Å²) in [4.78, 5) is 22.6. The van der Waals surface area contributed by atoms with Gasteiger partial charge in [-0.3, -0.25) is 4.79 Å². The second kappa shape index (κ2) is 7.96. The molecule has 0 saturated carbocycles. The third-order valence-corrected chi connectivity index (χ3v) is 9.07. The number of anilines is 1. The molecule has 5 rings (SSSR count). The van der Waals surface area contributed by atoms with Crippen LogP contribution in [0.15, 0.2) is 53.0 Å². The van der Waals surface area contributed by atoms with Crippen LogP contribution in [0.5, 0.6) is 0 Å². The van der Waals surface area contributed by atoms with Crippen molar-refractivity contribution in [3.63, 3.8) is 0 Å². The standard InChI is InChI=1S/C21H18ClN5O3S2/c22-15-3-2-14-8-20(31-18(14)9-15)32(29,30)27-6-5-26(19(28)11-27)10-13-1-4-17-16(7-13)21(23)25-12-24-17/h1-4,7-9,12H,5-6,10-11H2,(H2,23,24,25). The highest BCUT2D eigenvalue weighted by Gasteiger charge is 2.34. The van der Waals surface area contributed by atoms with Crippen LogP contribution in [-0.4, -0.2) is 53.1 Å². The van der Waals surface area contributed by atoms with Crippen molar-refractivity contribution in [3.8, 4) is 0 Å². The Morgan fingerprint density at radius 1 is 1.09 bits per heavy atom. The van der Waals surface area contributed by atoms with Crippen LogP contribution >= 0.6 is 22.9 Å². The van der Waals surface area contributed by atoms with Gasteiger partial charge in [0.25, 0.3) is 10.0 Å². The smallest absolute Gasteiger partial charge is 0.253 e. The number of thiophene rings is 1. The van der Waals surface area contributed by atoms with E-state index in [2.05, 4.69) is 9.97 Å². The molecule has 1 saturated heterocycles. The van der Waals surface area contributed by atoms with Gasteiger partial charge in [-0.15, -0.1) is 11.3 Å². The number of carbonyl (C=O) groups excluding carboxylic acids is 1. The Labute approximate surface area is 193 Å². The molecule has 164 valence electrons. The Kier molecular flexibility index (Phi) is 5.25. The summed E-state index contributed by atoms with van der Waals surface area (Å²) < 4.78 is 28.5. The minimum atomic E-state index is -3.77. The average molecular weight is 488 g/mol. The summed E-state index contributed by atoms with van der Waals surface area (Å²) in [5.41, 5.74) is 7.54. The number of nitrogens with zero attached hydrogens (tertiary/aromatic N) is 4. The Hall–Kier alpha value is -2.79. The number of rotatable bonds is 4. The molecule has 2 N–H and O–H groups in total. The zero-order chi connectivity index (χ0) is 22.5. The lowest BCUT2D eigenvalue weighted by Gasteiger charge is -2.33. The number of benzene rings is 2. The number of hydrogen-bond acceptors (Lipinski definition) is 7. The van der Waals surface area contributed by atoms with Crippen LogP contribution in [0, 0.1) is 0 Å². The highest BCUT2D eigenvalue weighted by Crippen LogP contribution is 2.33. The minimum Gasteiger partial charge on any atom is -0.383 e. The Balaban J connectivity index is 1.33. The van der Waals surface area contributed by atoms with Gasteiger partial charge >= 0.3 is 0 Å². The largest absolute Gasteiger partial charge is 0.383 e. The first kappa shape index (κ1) is 21.1. The molecule has 2 aromatic carbocycles. The highest BCUT2D eigenvalue weighted by atomic mass is 35.5. The Morgan fingerprint density at radius 2 is 1.94 bits per heavy atom. The molecule has 0 unspecified atom stereocenters. The maximum Gasteiger partial charge on any atom is 0.253 e. The summed E-state index contributed by atoms with van der Waals surface area (Å²) in [6.07, 6.45) is 1.41. The molecule has 8 nitrogen and oxygen atoms in total. The van der Waals surface area contributed by atoms with E-state index in [0.29, 0.717) is 23.9 Å². The lowest BCUT2D eigenvalue weighted by molar-refractivity contribution is -0.134. The second-order valence-electron chi connectivity index (χ2n) is 7.51. The molecule has 11 heteroatoms. The molecule has 1 amide bonds. The summed E-state index contributed by atoms with van der Waals surface area (Å²) in [5, 5.41) is 2.08. The highest BCUT2D eigenvalue weighted by molar-refractivity contribution is 7.91. The molecule has 1 aliphatic rings. The van der Waals surface area contributed by atoms with Gasteiger partial charge in [0.1, 0.15) is 16.4 Å². The molecule has 4 aromatic rings. The van der Waals surface area contributed by atoms with Gasteiger partial charge in [-0.2, -0.15) is 4.31 Å². The van der Waals surface area contributed by atoms with Crippen molar-refractivity contribution in [2.45, 2.75) is 10.8 Å². The molecule has 0 bridgehead atoms. The van der Waals surface area contributed by atoms with Crippen molar-refractivity contribution in [1.29, 1.82) is 0 Å². The molecule has 0 aliphatic carbocycles. The van der Waals surface area contributed by atoms with Crippen molar-refractivity contribution >= 4 is 65.7 Å². The van der Waals surface area contributed by atoms with Gasteiger partial charge in [0.05, 0.1) is 12.1 Å². The monoisotopic (exact) mass is 487 g/mol. The van der Waals surface area contributed by atoms with Crippen LogP contribution in [0.25, 0.3) is 21.0 Å². The quantitative estimate of drug-likeness (QED) is 0.473. The van der Waals surface area contributed by atoms with Gasteiger partial charge in [0, 0.05) is 34.7 Å². The van der Waals surface area contributed by atoms with Gasteiger partial charge in [0.15, 0.2) is 0 Å². The van der Waals surface area contributed by atoms with Crippen LogP contribution < -0.4 is 5.73 Å². The number of nitrogen functional groups attached to an aromatic ring is 1. The lowest BCUT2D eigenvalue weighted by atomic mass is 10.1. The van der Waals surface area contributed by atoms with E-state index in [0.717, 1.165) is 37.9 Å². The number of hydrogen-bond donors (Lipinski definition) is 1. The van der Waals surface area contributed by atoms with Crippen LogP contribution in [0.2, 0.25) is 5.02 Å². The zero-order valence-corrected chi connectivity index (χ0v) is 19.1. The van der Waals surface area contributed by atoms with Crippen molar-refractivity contribution < 1.29 is 13.2 Å². The minimum absolute atomic E-state index is 0.198. The zero-order valence-electron chi connectivity index (χ0n) is 16.7. The van der Waals surface area contributed by atoms with E-state index in [4.69, 9.17) is 17.3 Å². The number of fused-ring (bicyclic) bond motifs is 2. The first-order valence-corrected chi connectivity index (χ1v) is 12.4. The van der Waals surface area contributed by atoms with E-state index >= 15 is 0 Å². The van der Waals surface area contributed by atoms with Crippen LogP contribution in [0.4, 0.5) is 5.82 Å². The molecule has 32 heavy (non-hydrogen) atoms. The predicted molar refractivity (Wildman–Crippen MR) is 125 cm³/mol. The van der Waals surface area contributed by atoms with Gasteiger partial charge in [-0.1, -0.05) is 23.7 Å². The molecular weight excluding hydrogens is 470 g/mol. The van der Waals surface area contributed by atoms with E-state index in [1.807, 2.05) is 18.2 Å². The maximum absolute atomic E-state index is 13.1. The summed E-state index contributed by atoms with van der Waals surface area (Å²) >= 11 is 7.17. The SMILES string of the molecule is Nc1ncnc2ccc(CN3CCN(S(=O)(=O)c4cc5ccc(Cl)cc5s4)CC3=O)cc12. The third kappa shape index (κ3) is 3.79. The number of carbonyl (C=O) groups is 1. The third-order valence-electron chi connectivity index (χ3n) is 5.44. The summed E-state index contributed by atoms with van der Waals surface area (Å²) in [6.45, 7) is 0.685. The van der Waals surface area contributed by atoms with E-state index in [-0.39, 0.29) is 23.2 Å². The van der Waals surface area contributed by atoms with Crippen molar-refractivity contribution in [1.82, 2.24) is 19.2 Å². The van der Waals surface area contributed by atoms with Gasteiger partial charge in [-0.05, 0) is 41.3 Å². The topological polar surface area (TPSA) is 109 Å². The van der Waals surface area contributed by atoms with E-state index in [1.54, 1.807) is 29.2 Å². The predicted octanol–water partition coefficient (Wildman–Crippen LogP) is 3.11. The molecule has 3 heterocycles. The van der Waals surface area contributed by atoms with E-state index in [1.165, 1.54) is 10.6 Å². The normalized spacial score (nSPS) is 15.7. The fraction of sp³-hybridized carbons (Fsp3) is 0.190. The Morgan fingerprint density at radius 3 is 2.75 bits per heavy atom. The summed E-state index contributed by atoms with van der Waals surface area (Å²) in [5.74, 6) is 0.130. The van der Waals surface area contributed by atoms with E-state index < -0.39 is 10.0 Å². The first-order chi connectivity index (χ1) is 15.3. The first-order valence-electron chi connectivity index (χ1n) is 9.77. The van der Waals surface area contributed by atoms with Crippen LogP contribution in [0.3, 0.4) is 0 Å². The molecule has 1 aliphatic heterocycles. The van der Waals surface area contributed by atoms with Crippen molar-refractivity contribution in [3.05, 3.63) is 59.4 Å². The Bertz CT molecular complexity index is 1470. The van der Waals surface area contributed by atoms with Crippen molar-refractivity contribution in [2.75, 3.05) is 25.4 Å². The fourth-order valence-electron chi connectivity index (χ4n) is 3.74. The summed E-state index contributed by atoms with van der Waals surface area (Å²) in [7, 11) is -3.77. The number of sulfonamides is 1. The number of amides is 1. The molecule has 0 radical (unpaired) electrons. The van der Waals surface area contributed by atoms with Crippen LogP contribution in [-0.2, 0) is 21.4 Å². The molecule has 1 fully saturated rings. The maximum atomic E-state index is 13.1. The molecule has 2 aromatic heterocycles. The van der Waals surface area contributed by atoms with Crippen molar-refractivity contribution in [2.24, 2.45) is 0 Å². The molecular formula is C21H18ClN5O3S2. The number of piperazine rings is 1. The summed E-state index contributed by atoms with van der Waals surface area (Å²) in [6, 6.07) is 12.5. The van der Waals surface area contributed by atoms with Gasteiger partial charge < -0.3 is 10.6 Å². The van der Waals surface area contributed by atoms with Gasteiger partial charge in [0.2, 0.25) is 5.91 Å². The van der Waals surface area contributed by atoms with Gasteiger partial charge in [-0.25, -0.2) is 18.4 Å². The number of nitrogens with two attached hydrogens (primary N) is 1. The number of halogens is 1. The number of aromatic nitrogens is 2. The average Bonchev–Trinajstić information content (AvgIpc) is 3.20. The molecule has 0 atom stereocenters. The van der Waals surface area contributed by atoms with E-state index in [9.17, 15) is 13.2 Å². The van der Waals surface area contributed by atoms with Crippen LogP contribution in [0.1, 0.15) is 5.56 Å². The fourth-order valence-corrected chi connectivity index (χ4v) is 6.95. The lowest BCUT2D eigenvalue weighted by Crippen LogP contribution is -2.51. The molecule has 0 spiro atoms.